The van der Waals surface area contributed by atoms with E-state index >= 15 is 0 Å². The lowest BCUT2D eigenvalue weighted by Gasteiger charge is -2.09. The van der Waals surface area contributed by atoms with Crippen molar-refractivity contribution in [2.24, 2.45) is 0 Å². The number of carbonyl (C=O) groups excluding carboxylic acids is 1. The summed E-state index contributed by atoms with van der Waals surface area (Å²) in [5, 5.41) is 7.64. The van der Waals surface area contributed by atoms with Gasteiger partial charge in [0.05, 0.1) is 12.0 Å². The molecule has 7 nitrogen and oxygen atoms in total. The molecule has 0 bridgehead atoms. The second kappa shape index (κ2) is 6.36. The van der Waals surface area contributed by atoms with Crippen molar-refractivity contribution in [2.45, 2.75) is 23.7 Å². The number of nitrogens with zero attached hydrogens (tertiary/aromatic N) is 2. The van der Waals surface area contributed by atoms with Crippen LogP contribution in [0.1, 0.15) is 34.9 Å². The Balaban J connectivity index is 1.84. The van der Waals surface area contributed by atoms with Crippen LogP contribution in [0, 0.1) is 11.6 Å². The first-order valence-corrected chi connectivity index (χ1v) is 8.74. The molecule has 1 aromatic carbocycles. The lowest BCUT2D eigenvalue weighted by atomic mass is 10.2. The minimum atomic E-state index is -4.40. The molecule has 0 spiro atoms. The highest BCUT2D eigenvalue weighted by molar-refractivity contribution is 7.90. The Morgan fingerprint density at radius 2 is 1.92 bits per heavy atom. The fraction of sp³-hybridized carbons (Fsp3) is 0.267. The first-order valence-electron chi connectivity index (χ1n) is 7.25. The molecule has 1 amide bonds. The van der Waals surface area contributed by atoms with Gasteiger partial charge in [0, 0.05) is 12.0 Å². The van der Waals surface area contributed by atoms with Crippen LogP contribution in [0.5, 0.6) is 5.75 Å². The summed E-state index contributed by atoms with van der Waals surface area (Å²) in [5.41, 5.74) is 0.343. The number of hydrogen-bond donors (Lipinski definition) is 1. The smallest absolute Gasteiger partial charge is 0.285 e. The summed E-state index contributed by atoms with van der Waals surface area (Å²) in [7, 11) is -2.99. The van der Waals surface area contributed by atoms with Crippen LogP contribution in [-0.4, -0.2) is 31.6 Å². The summed E-state index contributed by atoms with van der Waals surface area (Å²) in [6.07, 6.45) is 1.89. The van der Waals surface area contributed by atoms with Gasteiger partial charge in [0.15, 0.2) is 17.3 Å². The standard InChI is InChI=1S/C15H13F2N3O4S/c1-24-13-7-12(18-19-14(13)8-2-3-8)15(21)20-25(22,23)9-4-5-10(16)11(17)6-9/h4-8H,2-3H2,1H3,(H,20,21). The molecule has 1 saturated carbocycles. The second-order valence-electron chi connectivity index (χ2n) is 5.47. The molecule has 1 aromatic heterocycles. The fourth-order valence-electron chi connectivity index (χ4n) is 2.18. The van der Waals surface area contributed by atoms with E-state index in [9.17, 15) is 22.0 Å². The molecule has 0 unspecified atom stereocenters. The number of amides is 1. The van der Waals surface area contributed by atoms with Crippen molar-refractivity contribution in [1.29, 1.82) is 0 Å². The molecule has 1 heterocycles. The third-order valence-electron chi connectivity index (χ3n) is 3.63. The largest absolute Gasteiger partial charge is 0.495 e. The predicted molar refractivity (Wildman–Crippen MR) is 81.6 cm³/mol. The van der Waals surface area contributed by atoms with Crippen molar-refractivity contribution in [3.05, 3.63) is 47.3 Å². The molecule has 1 aliphatic carbocycles. The van der Waals surface area contributed by atoms with Crippen molar-refractivity contribution >= 4 is 15.9 Å². The molecule has 0 saturated heterocycles. The van der Waals surface area contributed by atoms with E-state index in [0.29, 0.717) is 23.6 Å². The van der Waals surface area contributed by atoms with Gasteiger partial charge in [-0.2, -0.15) is 5.10 Å². The van der Waals surface area contributed by atoms with Crippen LogP contribution < -0.4 is 9.46 Å². The number of hydrogen-bond acceptors (Lipinski definition) is 6. The van der Waals surface area contributed by atoms with Gasteiger partial charge in [-0.3, -0.25) is 4.79 Å². The van der Waals surface area contributed by atoms with Gasteiger partial charge in [-0.15, -0.1) is 5.10 Å². The van der Waals surface area contributed by atoms with E-state index in [2.05, 4.69) is 10.2 Å². The lowest BCUT2D eigenvalue weighted by Crippen LogP contribution is -2.31. The van der Waals surface area contributed by atoms with Crippen LogP contribution in [0.3, 0.4) is 0 Å². The molecule has 2 aromatic rings. The zero-order valence-electron chi connectivity index (χ0n) is 13.0. The molecular formula is C15H13F2N3O4S. The summed E-state index contributed by atoms with van der Waals surface area (Å²) in [4.78, 5) is 11.5. The zero-order chi connectivity index (χ0) is 18.2. The van der Waals surface area contributed by atoms with Gasteiger partial charge in [0.2, 0.25) is 0 Å². The highest BCUT2D eigenvalue weighted by atomic mass is 32.2. The van der Waals surface area contributed by atoms with Crippen molar-refractivity contribution in [3.8, 4) is 5.75 Å². The maximum absolute atomic E-state index is 13.2. The van der Waals surface area contributed by atoms with Crippen LogP contribution in [0.4, 0.5) is 8.78 Å². The van der Waals surface area contributed by atoms with E-state index in [1.165, 1.54) is 13.2 Å². The number of methoxy groups -OCH3 is 1. The monoisotopic (exact) mass is 369 g/mol. The topological polar surface area (TPSA) is 98.2 Å². The van der Waals surface area contributed by atoms with Crippen LogP contribution in [-0.2, 0) is 10.0 Å². The number of benzene rings is 1. The van der Waals surface area contributed by atoms with Crippen molar-refractivity contribution in [1.82, 2.24) is 14.9 Å². The van der Waals surface area contributed by atoms with Crippen molar-refractivity contribution in [3.63, 3.8) is 0 Å². The normalized spacial score (nSPS) is 14.2. The van der Waals surface area contributed by atoms with Crippen molar-refractivity contribution < 1.29 is 26.7 Å². The molecule has 0 atom stereocenters. The molecule has 1 aliphatic rings. The number of aromatic nitrogens is 2. The van der Waals surface area contributed by atoms with Gasteiger partial charge in [0.25, 0.3) is 15.9 Å². The molecule has 3 rings (SSSR count). The van der Waals surface area contributed by atoms with E-state index in [1.54, 1.807) is 4.72 Å². The Morgan fingerprint density at radius 1 is 1.20 bits per heavy atom. The molecule has 25 heavy (non-hydrogen) atoms. The number of carbonyl (C=O) groups is 1. The van der Waals surface area contributed by atoms with Gasteiger partial charge in [-0.1, -0.05) is 0 Å². The van der Waals surface area contributed by atoms with E-state index in [4.69, 9.17) is 4.74 Å². The average Bonchev–Trinajstić information content (AvgIpc) is 3.41. The van der Waals surface area contributed by atoms with Gasteiger partial charge in [-0.05, 0) is 31.0 Å². The number of ether oxygens (including phenoxy) is 1. The maximum atomic E-state index is 13.2. The summed E-state index contributed by atoms with van der Waals surface area (Å²) < 4.78 is 57.3. The molecule has 1 N–H and O–H groups in total. The number of nitrogens with one attached hydrogen (secondary N) is 1. The SMILES string of the molecule is COc1cc(C(=O)NS(=O)(=O)c2ccc(F)c(F)c2)nnc1C1CC1. The Hall–Kier alpha value is -2.62. The van der Waals surface area contributed by atoms with Gasteiger partial charge >= 0.3 is 0 Å². The van der Waals surface area contributed by atoms with Crippen molar-refractivity contribution in [2.75, 3.05) is 7.11 Å². The molecule has 0 aliphatic heterocycles. The Bertz CT molecular complexity index is 946. The fourth-order valence-corrected chi connectivity index (χ4v) is 3.15. The van der Waals surface area contributed by atoms with E-state index < -0.39 is 32.5 Å². The average molecular weight is 369 g/mol. The summed E-state index contributed by atoms with van der Waals surface area (Å²) in [6.45, 7) is 0. The first-order chi connectivity index (χ1) is 11.8. The van der Waals surface area contributed by atoms with Crippen LogP contribution in [0.15, 0.2) is 29.2 Å². The molecule has 1 fully saturated rings. The van der Waals surface area contributed by atoms with Crippen LogP contribution in [0.25, 0.3) is 0 Å². The van der Waals surface area contributed by atoms with Gasteiger partial charge in [-0.25, -0.2) is 21.9 Å². The molecule has 132 valence electrons. The minimum absolute atomic E-state index is 0.227. The maximum Gasteiger partial charge on any atom is 0.285 e. The molecule has 10 heteroatoms. The highest BCUT2D eigenvalue weighted by Gasteiger charge is 2.30. The summed E-state index contributed by atoms with van der Waals surface area (Å²) in [6, 6.07) is 3.27. The molecule has 0 radical (unpaired) electrons. The predicted octanol–water partition coefficient (Wildman–Crippen LogP) is 1.76. The van der Waals surface area contributed by atoms with Gasteiger partial charge < -0.3 is 4.74 Å². The Kier molecular flexibility index (Phi) is 4.38. The summed E-state index contributed by atoms with van der Waals surface area (Å²) >= 11 is 0. The third-order valence-corrected chi connectivity index (χ3v) is 4.96. The minimum Gasteiger partial charge on any atom is -0.495 e. The second-order valence-corrected chi connectivity index (χ2v) is 7.15. The number of halogens is 2. The quantitative estimate of drug-likeness (QED) is 0.862. The van der Waals surface area contributed by atoms with Crippen LogP contribution in [0.2, 0.25) is 0 Å². The van der Waals surface area contributed by atoms with E-state index in [1.807, 2.05) is 0 Å². The lowest BCUT2D eigenvalue weighted by molar-refractivity contribution is 0.0975. The third kappa shape index (κ3) is 3.58. The van der Waals surface area contributed by atoms with Crippen LogP contribution >= 0.6 is 0 Å². The Morgan fingerprint density at radius 3 is 2.52 bits per heavy atom. The van der Waals surface area contributed by atoms with E-state index in [0.717, 1.165) is 18.9 Å². The molecular weight excluding hydrogens is 356 g/mol. The zero-order valence-corrected chi connectivity index (χ0v) is 13.8. The Labute approximate surface area is 142 Å². The summed E-state index contributed by atoms with van der Waals surface area (Å²) in [5.74, 6) is -3.03. The van der Waals surface area contributed by atoms with E-state index in [-0.39, 0.29) is 11.6 Å². The number of sulfonamides is 1. The number of rotatable bonds is 5. The first kappa shape index (κ1) is 17.2. The van der Waals surface area contributed by atoms with Gasteiger partial charge in [0.1, 0.15) is 11.4 Å². The highest BCUT2D eigenvalue weighted by Crippen LogP contribution is 2.42.